The van der Waals surface area contributed by atoms with Crippen LogP contribution >= 0.6 is 15.9 Å². The van der Waals surface area contributed by atoms with Gasteiger partial charge in [0.2, 0.25) is 0 Å². The Labute approximate surface area is 162 Å². The van der Waals surface area contributed by atoms with Crippen molar-refractivity contribution in [3.8, 4) is 5.69 Å². The third-order valence-electron chi connectivity index (χ3n) is 3.90. The van der Waals surface area contributed by atoms with Gasteiger partial charge in [0.15, 0.2) is 0 Å². The van der Waals surface area contributed by atoms with Gasteiger partial charge in [-0.05, 0) is 52.2 Å². The second kappa shape index (κ2) is 8.09. The normalized spacial score (nSPS) is 10.6. The Morgan fingerprint density at radius 3 is 2.78 bits per heavy atom. The van der Waals surface area contributed by atoms with Gasteiger partial charge in [-0.3, -0.25) is 14.9 Å². The number of amides is 1. The monoisotopic (exact) mass is 432 g/mol. The number of hydrogen-bond donors (Lipinski definition) is 1. The Bertz CT molecular complexity index is 992. The minimum absolute atomic E-state index is 0.186. The molecule has 3 rings (SSSR count). The lowest BCUT2D eigenvalue weighted by atomic mass is 10.1. The van der Waals surface area contributed by atoms with Crippen LogP contribution in [0.5, 0.6) is 0 Å². The van der Waals surface area contributed by atoms with Crippen LogP contribution in [0, 0.1) is 15.9 Å². The number of nitrogens with one attached hydrogen (secondary N) is 1. The molecule has 0 bridgehead atoms. The van der Waals surface area contributed by atoms with Gasteiger partial charge in [0.1, 0.15) is 11.5 Å². The standard InChI is InChI=1S/C18H14BrFN4O3/c19-14-9-12(1-3-15(14)20)5-6-22-18(25)13-2-4-16(17(10-13)24(26)27)23-8-7-21-11-23/h1-4,7-11H,5-6H2,(H,22,25). The molecule has 1 N–H and O–H groups in total. The van der Waals surface area contributed by atoms with Gasteiger partial charge < -0.3 is 9.88 Å². The summed E-state index contributed by atoms with van der Waals surface area (Å²) in [7, 11) is 0. The summed E-state index contributed by atoms with van der Waals surface area (Å²) in [4.78, 5) is 27.0. The van der Waals surface area contributed by atoms with Gasteiger partial charge in [-0.1, -0.05) is 6.07 Å². The van der Waals surface area contributed by atoms with E-state index in [0.29, 0.717) is 23.1 Å². The third-order valence-corrected chi connectivity index (χ3v) is 4.51. The summed E-state index contributed by atoms with van der Waals surface area (Å²) in [6.45, 7) is 0.313. The smallest absolute Gasteiger partial charge is 0.294 e. The minimum atomic E-state index is -0.540. The van der Waals surface area contributed by atoms with Crippen molar-refractivity contribution < 1.29 is 14.1 Å². The van der Waals surface area contributed by atoms with Crippen molar-refractivity contribution in [1.29, 1.82) is 0 Å². The first-order valence-electron chi connectivity index (χ1n) is 7.94. The molecule has 0 spiro atoms. The number of benzene rings is 2. The summed E-state index contributed by atoms with van der Waals surface area (Å²) in [6.07, 6.45) is 5.05. The van der Waals surface area contributed by atoms with Crippen LogP contribution in [0.3, 0.4) is 0 Å². The molecule has 1 aromatic heterocycles. The first-order chi connectivity index (χ1) is 13.0. The zero-order valence-electron chi connectivity index (χ0n) is 13.9. The van der Waals surface area contributed by atoms with Crippen LogP contribution in [0.1, 0.15) is 15.9 Å². The van der Waals surface area contributed by atoms with Crippen LogP contribution < -0.4 is 5.32 Å². The summed E-state index contributed by atoms with van der Waals surface area (Å²) < 4.78 is 15.1. The molecule has 9 heteroatoms. The average Bonchev–Trinajstić information content (AvgIpc) is 3.18. The maximum atomic E-state index is 13.2. The van der Waals surface area contributed by atoms with Gasteiger partial charge >= 0.3 is 0 Å². The van der Waals surface area contributed by atoms with Gasteiger partial charge in [-0.15, -0.1) is 0 Å². The van der Waals surface area contributed by atoms with Crippen molar-refractivity contribution in [2.24, 2.45) is 0 Å². The van der Waals surface area contributed by atoms with E-state index in [2.05, 4.69) is 26.2 Å². The molecule has 1 amide bonds. The molecule has 0 saturated heterocycles. The summed E-state index contributed by atoms with van der Waals surface area (Å²) in [5, 5.41) is 14.1. The third kappa shape index (κ3) is 4.37. The van der Waals surface area contributed by atoms with E-state index in [1.807, 2.05) is 0 Å². The quantitative estimate of drug-likeness (QED) is 0.475. The number of nitro groups is 1. The summed E-state index contributed by atoms with van der Waals surface area (Å²) in [5.74, 6) is -0.774. The second-order valence-corrected chi connectivity index (χ2v) is 6.54. The fraction of sp³-hybridized carbons (Fsp3) is 0.111. The van der Waals surface area contributed by atoms with E-state index in [1.54, 1.807) is 18.3 Å². The van der Waals surface area contributed by atoms with Crippen molar-refractivity contribution in [2.45, 2.75) is 6.42 Å². The average molecular weight is 433 g/mol. The predicted molar refractivity (Wildman–Crippen MR) is 100 cm³/mol. The lowest BCUT2D eigenvalue weighted by molar-refractivity contribution is -0.384. The van der Waals surface area contributed by atoms with Crippen LogP contribution in [0.15, 0.2) is 59.6 Å². The van der Waals surface area contributed by atoms with E-state index in [1.165, 1.54) is 41.4 Å². The zero-order chi connectivity index (χ0) is 19.4. The van der Waals surface area contributed by atoms with Crippen LogP contribution in [-0.2, 0) is 6.42 Å². The first-order valence-corrected chi connectivity index (χ1v) is 8.74. The van der Waals surface area contributed by atoms with Crippen LogP contribution in [0.25, 0.3) is 5.69 Å². The number of aromatic nitrogens is 2. The van der Waals surface area contributed by atoms with Crippen LogP contribution in [0.2, 0.25) is 0 Å². The van der Waals surface area contributed by atoms with Crippen molar-refractivity contribution in [3.05, 3.63) is 86.7 Å². The highest BCUT2D eigenvalue weighted by Crippen LogP contribution is 2.24. The zero-order valence-corrected chi connectivity index (χ0v) is 15.5. The van der Waals surface area contributed by atoms with E-state index in [-0.39, 0.29) is 17.1 Å². The molecule has 1 heterocycles. The molecule has 0 saturated carbocycles. The highest BCUT2D eigenvalue weighted by Gasteiger charge is 2.18. The number of carbonyl (C=O) groups excluding carboxylic acids is 1. The lowest BCUT2D eigenvalue weighted by Crippen LogP contribution is -2.25. The summed E-state index contributed by atoms with van der Waals surface area (Å²) >= 11 is 3.12. The molecule has 0 fully saturated rings. The molecule has 138 valence electrons. The van der Waals surface area contributed by atoms with Gasteiger partial charge in [0.05, 0.1) is 15.7 Å². The number of nitrogens with zero attached hydrogens (tertiary/aromatic N) is 3. The molecule has 0 atom stereocenters. The number of carbonyl (C=O) groups is 1. The molecule has 0 radical (unpaired) electrons. The molecule has 0 unspecified atom stereocenters. The molecule has 0 aliphatic carbocycles. The maximum absolute atomic E-state index is 13.2. The van der Waals surface area contributed by atoms with Crippen molar-refractivity contribution in [1.82, 2.24) is 14.9 Å². The van der Waals surface area contributed by atoms with Crippen LogP contribution in [0.4, 0.5) is 10.1 Å². The molecule has 0 aliphatic heterocycles. The van der Waals surface area contributed by atoms with E-state index in [9.17, 15) is 19.3 Å². The molecule has 0 aliphatic rings. The Balaban J connectivity index is 1.70. The number of halogens is 2. The minimum Gasteiger partial charge on any atom is -0.352 e. The van der Waals surface area contributed by atoms with Gasteiger partial charge in [0.25, 0.3) is 11.6 Å². The molecule has 27 heavy (non-hydrogen) atoms. The Morgan fingerprint density at radius 1 is 1.30 bits per heavy atom. The topological polar surface area (TPSA) is 90.1 Å². The van der Waals surface area contributed by atoms with E-state index < -0.39 is 10.8 Å². The fourth-order valence-corrected chi connectivity index (χ4v) is 2.97. The fourth-order valence-electron chi connectivity index (χ4n) is 2.55. The first kappa shape index (κ1) is 18.7. The molecule has 2 aromatic carbocycles. The van der Waals surface area contributed by atoms with Crippen molar-refractivity contribution in [2.75, 3.05) is 6.54 Å². The summed E-state index contributed by atoms with van der Waals surface area (Å²) in [5.41, 5.74) is 1.17. The van der Waals surface area contributed by atoms with Crippen molar-refractivity contribution >= 4 is 27.5 Å². The molecular formula is C18H14BrFN4O3. The summed E-state index contributed by atoms with van der Waals surface area (Å²) in [6, 6.07) is 8.89. The molecular weight excluding hydrogens is 419 g/mol. The highest BCUT2D eigenvalue weighted by atomic mass is 79.9. The maximum Gasteiger partial charge on any atom is 0.294 e. The lowest BCUT2D eigenvalue weighted by Gasteiger charge is -2.08. The van der Waals surface area contributed by atoms with E-state index >= 15 is 0 Å². The SMILES string of the molecule is O=C(NCCc1ccc(F)c(Br)c1)c1ccc(-n2ccnc2)c([N+](=O)[O-])c1. The van der Waals surface area contributed by atoms with E-state index in [0.717, 1.165) is 5.56 Å². The number of imidazole rings is 1. The number of hydrogen-bond acceptors (Lipinski definition) is 4. The second-order valence-electron chi connectivity index (χ2n) is 5.68. The van der Waals surface area contributed by atoms with E-state index in [4.69, 9.17) is 0 Å². The van der Waals surface area contributed by atoms with Gasteiger partial charge in [-0.2, -0.15) is 0 Å². The van der Waals surface area contributed by atoms with Crippen LogP contribution in [-0.4, -0.2) is 26.9 Å². The Hall–Kier alpha value is -3.07. The van der Waals surface area contributed by atoms with Gasteiger partial charge in [-0.25, -0.2) is 9.37 Å². The van der Waals surface area contributed by atoms with Gasteiger partial charge in [0, 0.05) is 30.6 Å². The number of nitro benzene ring substituents is 1. The Morgan fingerprint density at radius 2 is 2.11 bits per heavy atom. The molecule has 3 aromatic rings. The highest BCUT2D eigenvalue weighted by molar-refractivity contribution is 9.10. The van der Waals surface area contributed by atoms with Crippen molar-refractivity contribution in [3.63, 3.8) is 0 Å². The molecule has 7 nitrogen and oxygen atoms in total. The largest absolute Gasteiger partial charge is 0.352 e. The number of rotatable bonds is 6. The predicted octanol–water partition coefficient (Wildman–Crippen LogP) is 3.65. The Kier molecular flexibility index (Phi) is 5.60.